The lowest BCUT2D eigenvalue weighted by atomic mass is 10.1. The fourth-order valence-electron chi connectivity index (χ4n) is 2.16. The highest BCUT2D eigenvalue weighted by Crippen LogP contribution is 2.27. The number of hydrogen-bond acceptors (Lipinski definition) is 4. The van der Waals surface area contributed by atoms with Crippen LogP contribution in [0.5, 0.6) is 5.75 Å². The smallest absolute Gasteiger partial charge is 0.246 e. The molecule has 1 aromatic rings. The van der Waals surface area contributed by atoms with Gasteiger partial charge in [0.1, 0.15) is 10.6 Å². The van der Waals surface area contributed by atoms with E-state index >= 15 is 0 Å². The molecule has 0 spiro atoms. The van der Waals surface area contributed by atoms with Crippen molar-refractivity contribution in [2.24, 2.45) is 5.73 Å². The van der Waals surface area contributed by atoms with E-state index in [4.69, 9.17) is 10.5 Å². The van der Waals surface area contributed by atoms with Gasteiger partial charge in [0.2, 0.25) is 10.0 Å². The molecule has 0 bridgehead atoms. The number of piperidine rings is 1. The van der Waals surface area contributed by atoms with E-state index in [-0.39, 0.29) is 10.9 Å². The van der Waals surface area contributed by atoms with Crippen LogP contribution in [0.15, 0.2) is 29.2 Å². The van der Waals surface area contributed by atoms with Gasteiger partial charge in [0.25, 0.3) is 0 Å². The number of rotatable bonds is 3. The predicted molar refractivity (Wildman–Crippen MR) is 69.0 cm³/mol. The molecule has 1 aliphatic heterocycles. The molecule has 1 saturated heterocycles. The maximum atomic E-state index is 12.5. The summed E-state index contributed by atoms with van der Waals surface area (Å²) in [5.41, 5.74) is 5.83. The van der Waals surface area contributed by atoms with Crippen molar-refractivity contribution >= 4 is 10.0 Å². The normalized spacial score (nSPS) is 21.8. The molecule has 5 nitrogen and oxygen atoms in total. The summed E-state index contributed by atoms with van der Waals surface area (Å²) in [6, 6.07) is 6.58. The van der Waals surface area contributed by atoms with E-state index in [0.29, 0.717) is 18.8 Å². The van der Waals surface area contributed by atoms with Gasteiger partial charge in [-0.05, 0) is 25.0 Å². The molecule has 1 heterocycles. The number of benzene rings is 1. The van der Waals surface area contributed by atoms with E-state index in [1.165, 1.54) is 11.4 Å². The Hall–Kier alpha value is -1.11. The Balaban J connectivity index is 2.35. The van der Waals surface area contributed by atoms with Crippen LogP contribution in [0.4, 0.5) is 0 Å². The molecule has 2 rings (SSSR count). The van der Waals surface area contributed by atoms with Crippen LogP contribution in [-0.2, 0) is 10.0 Å². The van der Waals surface area contributed by atoms with Crippen LogP contribution in [0.2, 0.25) is 0 Å². The maximum Gasteiger partial charge on any atom is 0.246 e. The Labute approximate surface area is 108 Å². The lowest BCUT2D eigenvalue weighted by Gasteiger charge is -2.30. The third kappa shape index (κ3) is 2.50. The van der Waals surface area contributed by atoms with Crippen molar-refractivity contribution in [1.82, 2.24) is 4.31 Å². The van der Waals surface area contributed by atoms with Crippen LogP contribution in [-0.4, -0.2) is 39.0 Å². The maximum absolute atomic E-state index is 12.5. The molecule has 0 amide bonds. The zero-order valence-electron chi connectivity index (χ0n) is 10.4. The molecule has 2 N–H and O–H groups in total. The lowest BCUT2D eigenvalue weighted by molar-refractivity contribution is 0.314. The van der Waals surface area contributed by atoms with Gasteiger partial charge in [-0.25, -0.2) is 8.42 Å². The number of para-hydroxylation sites is 1. The lowest BCUT2D eigenvalue weighted by Crippen LogP contribution is -2.45. The molecule has 0 aliphatic carbocycles. The van der Waals surface area contributed by atoms with E-state index in [2.05, 4.69) is 0 Å². The largest absolute Gasteiger partial charge is 0.495 e. The number of hydrogen-bond donors (Lipinski definition) is 1. The Morgan fingerprint density at radius 3 is 2.78 bits per heavy atom. The standard InChI is InChI=1S/C12H18N2O3S/c1-17-11-6-2-3-7-12(11)18(15,16)14-8-4-5-10(13)9-14/h2-3,6-7,10H,4-5,8-9,13H2,1H3/t10-/m1/s1. The predicted octanol–water partition coefficient (Wildman–Crippen LogP) is 0.807. The van der Waals surface area contributed by atoms with Gasteiger partial charge in [-0.15, -0.1) is 0 Å². The van der Waals surface area contributed by atoms with Crippen molar-refractivity contribution in [3.05, 3.63) is 24.3 Å². The van der Waals surface area contributed by atoms with Crippen LogP contribution >= 0.6 is 0 Å². The van der Waals surface area contributed by atoms with Crippen molar-refractivity contribution in [3.8, 4) is 5.75 Å². The van der Waals surface area contributed by atoms with E-state index in [1.807, 2.05) is 0 Å². The molecule has 6 heteroatoms. The first-order chi connectivity index (χ1) is 8.55. The van der Waals surface area contributed by atoms with Crippen molar-refractivity contribution in [1.29, 1.82) is 0 Å². The summed E-state index contributed by atoms with van der Waals surface area (Å²) < 4.78 is 31.6. The average molecular weight is 270 g/mol. The van der Waals surface area contributed by atoms with E-state index in [0.717, 1.165) is 12.8 Å². The molecular weight excluding hydrogens is 252 g/mol. The van der Waals surface area contributed by atoms with Gasteiger partial charge in [0.05, 0.1) is 7.11 Å². The molecule has 1 aliphatic rings. The first-order valence-electron chi connectivity index (χ1n) is 5.94. The quantitative estimate of drug-likeness (QED) is 0.882. The number of ether oxygens (including phenoxy) is 1. The Morgan fingerprint density at radius 1 is 1.39 bits per heavy atom. The molecule has 0 aromatic heterocycles. The average Bonchev–Trinajstić information content (AvgIpc) is 2.38. The zero-order chi connectivity index (χ0) is 13.2. The summed E-state index contributed by atoms with van der Waals surface area (Å²) in [4.78, 5) is 0.210. The number of nitrogens with zero attached hydrogens (tertiary/aromatic N) is 1. The first kappa shape index (κ1) is 13.3. The van der Waals surface area contributed by atoms with E-state index in [9.17, 15) is 8.42 Å². The molecule has 1 fully saturated rings. The van der Waals surface area contributed by atoms with Crippen LogP contribution in [0.25, 0.3) is 0 Å². The van der Waals surface area contributed by atoms with Gasteiger partial charge in [-0.2, -0.15) is 4.31 Å². The second-order valence-corrected chi connectivity index (χ2v) is 6.32. The summed E-state index contributed by atoms with van der Waals surface area (Å²) in [6.45, 7) is 0.897. The SMILES string of the molecule is COc1ccccc1S(=O)(=O)N1CCC[C@@H](N)C1. The molecule has 100 valence electrons. The minimum absolute atomic E-state index is 0.0803. The van der Waals surface area contributed by atoms with Gasteiger partial charge < -0.3 is 10.5 Å². The third-order valence-corrected chi connectivity index (χ3v) is 5.01. The van der Waals surface area contributed by atoms with Gasteiger partial charge in [0.15, 0.2) is 0 Å². The molecular formula is C12H18N2O3S. The van der Waals surface area contributed by atoms with E-state index < -0.39 is 10.0 Å². The number of sulfonamides is 1. The molecule has 0 radical (unpaired) electrons. The summed E-state index contributed by atoms with van der Waals surface area (Å²) in [5, 5.41) is 0. The number of nitrogens with two attached hydrogens (primary N) is 1. The molecule has 0 saturated carbocycles. The summed E-state index contributed by atoms with van der Waals surface area (Å²) in [6.07, 6.45) is 1.67. The third-order valence-electron chi connectivity index (χ3n) is 3.11. The zero-order valence-corrected chi connectivity index (χ0v) is 11.2. The van der Waals surface area contributed by atoms with Crippen LogP contribution in [0.3, 0.4) is 0 Å². The van der Waals surface area contributed by atoms with Crippen LogP contribution < -0.4 is 10.5 Å². The van der Waals surface area contributed by atoms with Crippen molar-refractivity contribution in [2.75, 3.05) is 20.2 Å². The van der Waals surface area contributed by atoms with Crippen molar-refractivity contribution < 1.29 is 13.2 Å². The van der Waals surface area contributed by atoms with Gasteiger partial charge in [-0.3, -0.25) is 0 Å². The van der Waals surface area contributed by atoms with Gasteiger partial charge in [0, 0.05) is 19.1 Å². The Bertz CT molecular complexity index is 516. The molecule has 0 unspecified atom stereocenters. The fraction of sp³-hybridized carbons (Fsp3) is 0.500. The van der Waals surface area contributed by atoms with E-state index in [1.54, 1.807) is 24.3 Å². The summed E-state index contributed by atoms with van der Waals surface area (Å²) >= 11 is 0. The highest BCUT2D eigenvalue weighted by Gasteiger charge is 2.30. The minimum atomic E-state index is -3.51. The Kier molecular flexibility index (Phi) is 3.89. The van der Waals surface area contributed by atoms with Gasteiger partial charge in [-0.1, -0.05) is 12.1 Å². The molecule has 18 heavy (non-hydrogen) atoms. The minimum Gasteiger partial charge on any atom is -0.495 e. The highest BCUT2D eigenvalue weighted by atomic mass is 32.2. The van der Waals surface area contributed by atoms with Crippen LogP contribution in [0.1, 0.15) is 12.8 Å². The fourth-order valence-corrected chi connectivity index (χ4v) is 3.85. The first-order valence-corrected chi connectivity index (χ1v) is 7.38. The Morgan fingerprint density at radius 2 is 2.11 bits per heavy atom. The second kappa shape index (κ2) is 5.26. The monoisotopic (exact) mass is 270 g/mol. The molecule has 1 atom stereocenters. The summed E-state index contributed by atoms with van der Waals surface area (Å²) in [5.74, 6) is 0.372. The van der Waals surface area contributed by atoms with Crippen LogP contribution in [0, 0.1) is 0 Å². The highest BCUT2D eigenvalue weighted by molar-refractivity contribution is 7.89. The molecule has 1 aromatic carbocycles. The van der Waals surface area contributed by atoms with Crippen molar-refractivity contribution in [2.45, 2.75) is 23.8 Å². The number of methoxy groups -OCH3 is 1. The summed E-state index contributed by atoms with van der Waals surface area (Å²) in [7, 11) is -2.04. The second-order valence-electron chi connectivity index (χ2n) is 4.42. The van der Waals surface area contributed by atoms with Gasteiger partial charge >= 0.3 is 0 Å². The topological polar surface area (TPSA) is 72.6 Å². The van der Waals surface area contributed by atoms with Crippen molar-refractivity contribution in [3.63, 3.8) is 0 Å².